The maximum absolute atomic E-state index is 5.90. The molecule has 0 amide bonds. The lowest BCUT2D eigenvalue weighted by molar-refractivity contribution is 0.190. The first-order chi connectivity index (χ1) is 8.40. The number of hydrogen-bond acceptors (Lipinski definition) is 3. The molecule has 17 heavy (non-hydrogen) atoms. The zero-order valence-electron chi connectivity index (χ0n) is 11.2. The second-order valence-corrected chi connectivity index (χ2v) is 5.68. The van der Waals surface area contributed by atoms with Gasteiger partial charge in [-0.3, -0.25) is 4.90 Å². The predicted octanol–water partition coefficient (Wildman–Crippen LogP) is 1.68. The highest BCUT2D eigenvalue weighted by atomic mass is 15.2. The van der Waals surface area contributed by atoms with Crippen molar-refractivity contribution in [3.63, 3.8) is 0 Å². The Morgan fingerprint density at radius 2 is 1.65 bits per heavy atom. The molecule has 2 saturated heterocycles. The Hall–Kier alpha value is -0.120. The van der Waals surface area contributed by atoms with Crippen LogP contribution in [0.4, 0.5) is 0 Å². The smallest absolute Gasteiger partial charge is 0.0218 e. The van der Waals surface area contributed by atoms with Crippen molar-refractivity contribution in [1.82, 2.24) is 9.80 Å². The molecule has 3 heteroatoms. The molecule has 0 radical (unpaired) electrons. The minimum Gasteiger partial charge on any atom is -0.329 e. The highest BCUT2D eigenvalue weighted by Crippen LogP contribution is 2.16. The molecule has 2 heterocycles. The molecule has 3 nitrogen and oxygen atoms in total. The van der Waals surface area contributed by atoms with Gasteiger partial charge in [0, 0.05) is 12.6 Å². The summed E-state index contributed by atoms with van der Waals surface area (Å²) in [5.41, 5.74) is 5.90. The number of likely N-dealkylation sites (tertiary alicyclic amines) is 2. The van der Waals surface area contributed by atoms with Crippen LogP contribution in [0, 0.1) is 0 Å². The van der Waals surface area contributed by atoms with Gasteiger partial charge in [-0.15, -0.1) is 0 Å². The summed E-state index contributed by atoms with van der Waals surface area (Å²) < 4.78 is 0. The summed E-state index contributed by atoms with van der Waals surface area (Å²) in [6.07, 6.45) is 9.63. The number of rotatable bonds is 5. The van der Waals surface area contributed by atoms with Crippen molar-refractivity contribution in [2.75, 3.05) is 39.3 Å². The Bertz CT molecular complexity index is 202. The minimum atomic E-state index is 0.663. The van der Waals surface area contributed by atoms with E-state index in [-0.39, 0.29) is 0 Å². The van der Waals surface area contributed by atoms with Gasteiger partial charge in [-0.2, -0.15) is 0 Å². The lowest BCUT2D eigenvalue weighted by atomic mass is 10.1. The van der Waals surface area contributed by atoms with Crippen molar-refractivity contribution in [3.05, 3.63) is 0 Å². The SMILES string of the molecule is NCC1CCCCCN1CCCN1CCCC1. The van der Waals surface area contributed by atoms with Crippen molar-refractivity contribution in [3.8, 4) is 0 Å². The third-order valence-corrected chi connectivity index (χ3v) is 4.39. The molecule has 0 aromatic heterocycles. The predicted molar refractivity (Wildman–Crippen MR) is 73.2 cm³/mol. The Morgan fingerprint density at radius 3 is 2.41 bits per heavy atom. The van der Waals surface area contributed by atoms with Gasteiger partial charge in [0.2, 0.25) is 0 Å². The van der Waals surface area contributed by atoms with Crippen LogP contribution in [0.1, 0.15) is 44.9 Å². The first-order valence-corrected chi connectivity index (χ1v) is 7.56. The molecule has 0 saturated carbocycles. The fourth-order valence-corrected chi connectivity index (χ4v) is 3.30. The molecule has 2 N–H and O–H groups in total. The summed E-state index contributed by atoms with van der Waals surface area (Å²) in [4.78, 5) is 5.28. The van der Waals surface area contributed by atoms with Crippen LogP contribution >= 0.6 is 0 Å². The van der Waals surface area contributed by atoms with Crippen molar-refractivity contribution in [2.24, 2.45) is 5.73 Å². The molecule has 0 bridgehead atoms. The van der Waals surface area contributed by atoms with Crippen molar-refractivity contribution in [1.29, 1.82) is 0 Å². The molecule has 0 spiro atoms. The maximum atomic E-state index is 5.90. The fourth-order valence-electron chi connectivity index (χ4n) is 3.30. The second-order valence-electron chi connectivity index (χ2n) is 5.68. The molecular weight excluding hydrogens is 210 g/mol. The summed E-state index contributed by atoms with van der Waals surface area (Å²) in [7, 11) is 0. The van der Waals surface area contributed by atoms with Gasteiger partial charge in [0.15, 0.2) is 0 Å². The van der Waals surface area contributed by atoms with E-state index in [1.807, 2.05) is 0 Å². The zero-order chi connectivity index (χ0) is 11.9. The second kappa shape index (κ2) is 7.34. The number of hydrogen-bond donors (Lipinski definition) is 1. The summed E-state index contributed by atoms with van der Waals surface area (Å²) in [5, 5.41) is 0. The molecule has 1 unspecified atom stereocenters. The molecule has 0 aliphatic carbocycles. The van der Waals surface area contributed by atoms with E-state index in [0.717, 1.165) is 6.54 Å². The Balaban J connectivity index is 1.67. The zero-order valence-corrected chi connectivity index (χ0v) is 11.2. The Labute approximate surface area is 106 Å². The molecular formula is C14H29N3. The van der Waals surface area contributed by atoms with Gasteiger partial charge in [0.05, 0.1) is 0 Å². The van der Waals surface area contributed by atoms with Crippen LogP contribution in [-0.4, -0.2) is 55.1 Å². The van der Waals surface area contributed by atoms with Crippen molar-refractivity contribution >= 4 is 0 Å². The fraction of sp³-hybridized carbons (Fsp3) is 1.00. The van der Waals surface area contributed by atoms with Crippen LogP contribution in [0.2, 0.25) is 0 Å². The molecule has 2 aliphatic heterocycles. The summed E-state index contributed by atoms with van der Waals surface area (Å²) in [6.45, 7) is 7.36. The summed E-state index contributed by atoms with van der Waals surface area (Å²) in [6, 6.07) is 0.663. The van der Waals surface area contributed by atoms with Crippen molar-refractivity contribution < 1.29 is 0 Å². The van der Waals surface area contributed by atoms with E-state index in [2.05, 4.69) is 9.80 Å². The minimum absolute atomic E-state index is 0.663. The molecule has 100 valence electrons. The van der Waals surface area contributed by atoms with Crippen LogP contribution < -0.4 is 5.73 Å². The van der Waals surface area contributed by atoms with E-state index in [4.69, 9.17) is 5.73 Å². The van der Waals surface area contributed by atoms with E-state index >= 15 is 0 Å². The quantitative estimate of drug-likeness (QED) is 0.792. The Kier molecular flexibility index (Phi) is 5.75. The summed E-state index contributed by atoms with van der Waals surface area (Å²) >= 11 is 0. The highest BCUT2D eigenvalue weighted by Gasteiger charge is 2.19. The van der Waals surface area contributed by atoms with Crippen molar-refractivity contribution in [2.45, 2.75) is 51.0 Å². The molecule has 2 rings (SSSR count). The lowest BCUT2D eigenvalue weighted by Gasteiger charge is -2.29. The molecule has 0 aromatic rings. The number of nitrogens with zero attached hydrogens (tertiary/aromatic N) is 2. The third-order valence-electron chi connectivity index (χ3n) is 4.39. The van der Waals surface area contributed by atoms with E-state index in [0.29, 0.717) is 6.04 Å². The lowest BCUT2D eigenvalue weighted by Crippen LogP contribution is -2.41. The van der Waals surface area contributed by atoms with Gasteiger partial charge in [-0.05, 0) is 64.8 Å². The van der Waals surface area contributed by atoms with Gasteiger partial charge in [-0.1, -0.05) is 12.8 Å². The molecule has 1 atom stereocenters. The van der Waals surface area contributed by atoms with Gasteiger partial charge in [0.25, 0.3) is 0 Å². The molecule has 0 aromatic carbocycles. The van der Waals surface area contributed by atoms with Gasteiger partial charge >= 0.3 is 0 Å². The first kappa shape index (κ1) is 13.3. The van der Waals surface area contributed by atoms with Crippen LogP contribution in [-0.2, 0) is 0 Å². The first-order valence-electron chi connectivity index (χ1n) is 7.56. The molecule has 2 aliphatic rings. The monoisotopic (exact) mass is 239 g/mol. The average molecular weight is 239 g/mol. The normalized spacial score (nSPS) is 28.4. The van der Waals surface area contributed by atoms with E-state index in [1.165, 1.54) is 77.7 Å². The van der Waals surface area contributed by atoms with E-state index in [9.17, 15) is 0 Å². The van der Waals surface area contributed by atoms with Crippen LogP contribution in [0.15, 0.2) is 0 Å². The highest BCUT2D eigenvalue weighted by molar-refractivity contribution is 4.76. The van der Waals surface area contributed by atoms with E-state index < -0.39 is 0 Å². The van der Waals surface area contributed by atoms with Crippen LogP contribution in [0.5, 0.6) is 0 Å². The van der Waals surface area contributed by atoms with Crippen LogP contribution in [0.25, 0.3) is 0 Å². The largest absolute Gasteiger partial charge is 0.329 e. The molecule has 2 fully saturated rings. The van der Waals surface area contributed by atoms with Gasteiger partial charge in [0.1, 0.15) is 0 Å². The standard InChI is InChI=1S/C14H29N3/c15-13-14-7-2-1-3-11-17(14)12-6-10-16-8-4-5-9-16/h14H,1-13,15H2. The van der Waals surface area contributed by atoms with Gasteiger partial charge in [-0.25, -0.2) is 0 Å². The maximum Gasteiger partial charge on any atom is 0.0218 e. The number of nitrogens with two attached hydrogens (primary N) is 1. The summed E-state index contributed by atoms with van der Waals surface area (Å²) in [5.74, 6) is 0. The topological polar surface area (TPSA) is 32.5 Å². The Morgan fingerprint density at radius 1 is 0.882 bits per heavy atom. The van der Waals surface area contributed by atoms with E-state index in [1.54, 1.807) is 0 Å². The van der Waals surface area contributed by atoms with Crippen LogP contribution in [0.3, 0.4) is 0 Å². The third kappa shape index (κ3) is 4.23. The average Bonchev–Trinajstić information content (AvgIpc) is 2.75. The van der Waals surface area contributed by atoms with Gasteiger partial charge < -0.3 is 10.6 Å².